The van der Waals surface area contributed by atoms with Crippen LogP contribution in [0.1, 0.15) is 265 Å². The maximum Gasteiger partial charge on any atom is 0.306 e. The molecule has 0 amide bonds. The highest BCUT2D eigenvalue weighted by Crippen LogP contribution is 2.15. The first kappa shape index (κ1) is 58.4. The average Bonchev–Trinajstić information content (AvgIpc) is 3.26. The minimum Gasteiger partial charge on any atom is -0.462 e. The van der Waals surface area contributed by atoms with Crippen molar-refractivity contribution in [3.63, 3.8) is 0 Å². The van der Waals surface area contributed by atoms with Crippen LogP contribution in [0.25, 0.3) is 0 Å². The topological polar surface area (TPSA) is 78.9 Å². The Kier molecular flexibility index (Phi) is 47.9. The lowest BCUT2D eigenvalue weighted by Crippen LogP contribution is -2.30. The monoisotopic (exact) mass is 855 g/mol. The number of carbonyl (C=O) groups excluding carboxylic acids is 3. The molecule has 0 rings (SSSR count). The number of ether oxygens (including phenoxy) is 3. The Morgan fingerprint density at radius 1 is 0.328 bits per heavy atom. The Morgan fingerprint density at radius 2 is 0.590 bits per heavy atom. The summed E-state index contributed by atoms with van der Waals surface area (Å²) in [6, 6.07) is 0. The van der Waals surface area contributed by atoms with Crippen LogP contribution in [0.4, 0.5) is 0 Å². The van der Waals surface area contributed by atoms with Crippen LogP contribution in [0.2, 0.25) is 0 Å². The number of carbonyl (C=O) groups is 3. The first-order chi connectivity index (χ1) is 30.0. The first-order valence-electron chi connectivity index (χ1n) is 26.1. The molecule has 0 unspecified atom stereocenters. The molecule has 6 heteroatoms. The minimum absolute atomic E-state index is 0.0876. The molecule has 0 fully saturated rings. The van der Waals surface area contributed by atoms with E-state index in [-0.39, 0.29) is 37.5 Å². The third-order valence-electron chi connectivity index (χ3n) is 11.3. The van der Waals surface area contributed by atoms with Crippen LogP contribution in [0, 0.1) is 0 Å². The van der Waals surface area contributed by atoms with Crippen LogP contribution in [0.15, 0.2) is 48.6 Å². The van der Waals surface area contributed by atoms with Gasteiger partial charge < -0.3 is 14.2 Å². The van der Waals surface area contributed by atoms with Gasteiger partial charge in [0.25, 0.3) is 0 Å². The van der Waals surface area contributed by atoms with E-state index in [1.165, 1.54) is 154 Å². The normalized spacial score (nSPS) is 12.4. The van der Waals surface area contributed by atoms with Crippen LogP contribution < -0.4 is 0 Å². The minimum atomic E-state index is -0.791. The largest absolute Gasteiger partial charge is 0.462 e. The van der Waals surface area contributed by atoms with Gasteiger partial charge in [0, 0.05) is 19.3 Å². The van der Waals surface area contributed by atoms with E-state index in [1.807, 2.05) is 0 Å². The molecule has 0 N–H and O–H groups in total. The SMILES string of the molecule is CCCCC/C=C\C/C=C\C/C=C\CCCCC(=O)O[C@H](COC(=O)CCCCCCCCC/C=C\CCCCCCCC)COC(=O)CCCCCCCCCCCCC. The van der Waals surface area contributed by atoms with Crippen LogP contribution in [-0.2, 0) is 28.6 Å². The summed E-state index contributed by atoms with van der Waals surface area (Å²) in [4.78, 5) is 37.9. The van der Waals surface area contributed by atoms with Gasteiger partial charge in [-0.2, -0.15) is 0 Å². The first-order valence-corrected chi connectivity index (χ1v) is 26.1. The number of esters is 3. The number of allylic oxidation sites excluding steroid dienone is 8. The summed E-state index contributed by atoms with van der Waals surface area (Å²) in [7, 11) is 0. The van der Waals surface area contributed by atoms with Crippen molar-refractivity contribution in [2.45, 2.75) is 271 Å². The maximum atomic E-state index is 12.8. The highest BCUT2D eigenvalue weighted by molar-refractivity contribution is 5.71. The van der Waals surface area contributed by atoms with Crippen molar-refractivity contribution < 1.29 is 28.6 Å². The van der Waals surface area contributed by atoms with Gasteiger partial charge in [-0.15, -0.1) is 0 Å². The molecule has 0 saturated heterocycles. The molecule has 0 aromatic carbocycles. The van der Waals surface area contributed by atoms with Crippen molar-refractivity contribution in [3.8, 4) is 0 Å². The Morgan fingerprint density at radius 3 is 1.00 bits per heavy atom. The third-order valence-corrected chi connectivity index (χ3v) is 11.3. The Labute approximate surface area is 378 Å². The summed E-state index contributed by atoms with van der Waals surface area (Å²) in [5.41, 5.74) is 0. The van der Waals surface area contributed by atoms with Gasteiger partial charge in [0.05, 0.1) is 0 Å². The number of rotatable bonds is 47. The van der Waals surface area contributed by atoms with E-state index in [9.17, 15) is 14.4 Å². The summed E-state index contributed by atoms with van der Waals surface area (Å²) in [6.07, 6.45) is 59.5. The number of hydrogen-bond acceptors (Lipinski definition) is 6. The summed E-state index contributed by atoms with van der Waals surface area (Å²) in [6.45, 7) is 6.57. The fourth-order valence-electron chi connectivity index (χ4n) is 7.33. The molecule has 0 radical (unpaired) electrons. The quantitative estimate of drug-likeness (QED) is 0.0263. The Balaban J connectivity index is 4.40. The zero-order valence-electron chi connectivity index (χ0n) is 40.4. The van der Waals surface area contributed by atoms with Gasteiger partial charge >= 0.3 is 17.9 Å². The molecule has 6 nitrogen and oxygen atoms in total. The molecule has 0 heterocycles. The van der Waals surface area contributed by atoms with Gasteiger partial charge in [0.1, 0.15) is 13.2 Å². The Hall–Kier alpha value is -2.63. The van der Waals surface area contributed by atoms with Crippen molar-refractivity contribution in [1.82, 2.24) is 0 Å². The Bertz CT molecular complexity index is 1070. The highest BCUT2D eigenvalue weighted by Gasteiger charge is 2.19. The molecular formula is C55H98O6. The molecular weight excluding hydrogens is 757 g/mol. The molecule has 0 aliphatic rings. The van der Waals surface area contributed by atoms with Gasteiger partial charge in [-0.25, -0.2) is 0 Å². The molecule has 0 aliphatic heterocycles. The number of unbranched alkanes of at least 4 members (excludes halogenated alkanes) is 28. The smallest absolute Gasteiger partial charge is 0.306 e. The predicted octanol–water partition coefficient (Wildman–Crippen LogP) is 17.1. The van der Waals surface area contributed by atoms with Gasteiger partial charge in [0.2, 0.25) is 0 Å². The van der Waals surface area contributed by atoms with Gasteiger partial charge in [-0.3, -0.25) is 14.4 Å². The zero-order chi connectivity index (χ0) is 44.4. The fraction of sp³-hybridized carbons (Fsp3) is 0.800. The molecule has 0 aromatic rings. The van der Waals surface area contributed by atoms with E-state index in [2.05, 4.69) is 69.4 Å². The highest BCUT2D eigenvalue weighted by atomic mass is 16.6. The summed E-state index contributed by atoms with van der Waals surface area (Å²) < 4.78 is 16.8. The summed E-state index contributed by atoms with van der Waals surface area (Å²) in [5.74, 6) is -0.924. The van der Waals surface area contributed by atoms with E-state index in [1.54, 1.807) is 0 Å². The molecule has 0 saturated carbocycles. The van der Waals surface area contributed by atoms with E-state index >= 15 is 0 Å². The second-order valence-corrected chi connectivity index (χ2v) is 17.4. The number of hydrogen-bond donors (Lipinski definition) is 0. The lowest BCUT2D eigenvalue weighted by molar-refractivity contribution is -0.167. The van der Waals surface area contributed by atoms with E-state index < -0.39 is 6.10 Å². The molecule has 0 spiro atoms. The molecule has 1 atom stereocenters. The van der Waals surface area contributed by atoms with Gasteiger partial charge in [0.15, 0.2) is 6.10 Å². The van der Waals surface area contributed by atoms with E-state index in [0.29, 0.717) is 19.3 Å². The molecule has 0 aromatic heterocycles. The van der Waals surface area contributed by atoms with E-state index in [4.69, 9.17) is 14.2 Å². The second kappa shape index (κ2) is 50.0. The van der Waals surface area contributed by atoms with Crippen molar-refractivity contribution in [2.24, 2.45) is 0 Å². The standard InChI is InChI=1S/C55H98O6/c1-4-7-10-13-16-19-22-24-26-27-29-30-33-36-39-42-45-48-54(57)60-51-52(50-59-53(56)47-44-41-38-35-32-21-18-15-12-9-6-3)61-55(58)49-46-43-40-37-34-31-28-25-23-20-17-14-11-8-5-2/h17,20,24-26,28,34,37,52H,4-16,18-19,21-23,27,29-33,35-36,38-51H2,1-3H3/b20-17-,26-24-,28-25-,37-34-/t52-/m0/s1. The van der Waals surface area contributed by atoms with Crippen molar-refractivity contribution in [2.75, 3.05) is 13.2 Å². The molecule has 354 valence electrons. The lowest BCUT2D eigenvalue weighted by atomic mass is 10.1. The zero-order valence-corrected chi connectivity index (χ0v) is 40.4. The predicted molar refractivity (Wildman–Crippen MR) is 261 cm³/mol. The third kappa shape index (κ3) is 48.3. The van der Waals surface area contributed by atoms with Crippen molar-refractivity contribution >= 4 is 17.9 Å². The molecule has 0 aliphatic carbocycles. The molecule has 0 bridgehead atoms. The van der Waals surface area contributed by atoms with E-state index in [0.717, 1.165) is 64.2 Å². The average molecular weight is 855 g/mol. The van der Waals surface area contributed by atoms with Gasteiger partial charge in [-0.05, 0) is 83.5 Å². The van der Waals surface area contributed by atoms with Crippen LogP contribution in [0.3, 0.4) is 0 Å². The van der Waals surface area contributed by atoms with Crippen LogP contribution >= 0.6 is 0 Å². The second-order valence-electron chi connectivity index (χ2n) is 17.4. The fourth-order valence-corrected chi connectivity index (χ4v) is 7.33. The lowest BCUT2D eigenvalue weighted by Gasteiger charge is -2.18. The summed E-state index contributed by atoms with van der Waals surface area (Å²) >= 11 is 0. The van der Waals surface area contributed by atoms with Gasteiger partial charge in [-0.1, -0.05) is 211 Å². The van der Waals surface area contributed by atoms with Crippen molar-refractivity contribution in [1.29, 1.82) is 0 Å². The maximum absolute atomic E-state index is 12.8. The molecule has 61 heavy (non-hydrogen) atoms. The van der Waals surface area contributed by atoms with Crippen LogP contribution in [0.5, 0.6) is 0 Å². The summed E-state index contributed by atoms with van der Waals surface area (Å²) in [5, 5.41) is 0. The van der Waals surface area contributed by atoms with Crippen LogP contribution in [-0.4, -0.2) is 37.2 Å². The van der Waals surface area contributed by atoms with Crippen molar-refractivity contribution in [3.05, 3.63) is 48.6 Å².